The number of hydrogen-bond acceptors (Lipinski definition) is 0. The van der Waals surface area contributed by atoms with Crippen LogP contribution in [0.25, 0.3) is 0 Å². The summed E-state index contributed by atoms with van der Waals surface area (Å²) >= 11 is 3.30. The molecule has 0 rings (SSSR count). The van der Waals surface area contributed by atoms with Gasteiger partial charge < -0.3 is 0 Å². The Morgan fingerprint density at radius 3 is 2.43 bits per heavy atom. The summed E-state index contributed by atoms with van der Waals surface area (Å²) in [6.45, 7) is 5.60. The van der Waals surface area contributed by atoms with Gasteiger partial charge in [-0.2, -0.15) is 0 Å². The summed E-state index contributed by atoms with van der Waals surface area (Å²) in [6, 6.07) is 0. The zero-order chi connectivity index (χ0) is 5.70. The minimum absolute atomic E-state index is 0.910. The highest BCUT2D eigenvalue weighted by molar-refractivity contribution is 9.09. The van der Waals surface area contributed by atoms with Crippen molar-refractivity contribution in [1.82, 2.24) is 0 Å². The predicted octanol–water partition coefficient (Wildman–Crippen LogP) is 2.51. The lowest BCUT2D eigenvalue weighted by Crippen LogP contribution is -1.72. The Bertz CT molecular complexity index is 82.2. The third-order valence-electron chi connectivity index (χ3n) is 0.787. The molecule has 0 heterocycles. The summed E-state index contributed by atoms with van der Waals surface area (Å²) in [7, 11) is 0. The van der Waals surface area contributed by atoms with Crippen LogP contribution in [0.3, 0.4) is 0 Å². The van der Waals surface area contributed by atoms with Gasteiger partial charge in [0.2, 0.25) is 0 Å². The highest BCUT2D eigenvalue weighted by Gasteiger charge is 1.79. The molecule has 0 aromatic heterocycles. The van der Waals surface area contributed by atoms with Gasteiger partial charge in [0, 0.05) is 5.33 Å². The second-order valence-electron chi connectivity index (χ2n) is 1.20. The number of halogens is 1. The van der Waals surface area contributed by atoms with Gasteiger partial charge in [0.25, 0.3) is 0 Å². The monoisotopic (exact) mass is 160 g/mol. The molecule has 0 aromatic carbocycles. The molecule has 0 radical (unpaired) electrons. The van der Waals surface area contributed by atoms with Crippen molar-refractivity contribution < 1.29 is 0 Å². The van der Waals surface area contributed by atoms with Crippen LogP contribution in [0.1, 0.15) is 6.92 Å². The van der Waals surface area contributed by atoms with Crippen molar-refractivity contribution in [3.05, 3.63) is 24.3 Å². The fourth-order valence-electron chi connectivity index (χ4n) is 0.250. The summed E-state index contributed by atoms with van der Waals surface area (Å²) in [4.78, 5) is 0. The Hall–Kier alpha value is -0.0400. The van der Waals surface area contributed by atoms with Crippen LogP contribution in [0.2, 0.25) is 0 Å². The van der Waals surface area contributed by atoms with E-state index in [1.54, 1.807) is 0 Å². The largest absolute Gasteiger partial charge is 0.0988 e. The van der Waals surface area contributed by atoms with Crippen molar-refractivity contribution >= 4 is 15.9 Å². The van der Waals surface area contributed by atoms with E-state index in [4.69, 9.17) is 0 Å². The Morgan fingerprint density at radius 2 is 2.43 bits per heavy atom. The molecular formula is C6H9Br. The third kappa shape index (κ3) is 2.63. The van der Waals surface area contributed by atoms with Crippen molar-refractivity contribution in [2.45, 2.75) is 6.92 Å². The maximum Gasteiger partial charge on any atom is 0.0279 e. The molecule has 0 bridgehead atoms. The molecule has 0 unspecified atom stereocenters. The number of rotatable bonds is 2. The van der Waals surface area contributed by atoms with Gasteiger partial charge in [-0.3, -0.25) is 0 Å². The molecule has 0 saturated carbocycles. The average Bonchev–Trinajstić information content (AvgIpc) is 1.72. The highest BCUT2D eigenvalue weighted by Crippen LogP contribution is 1.98. The molecule has 7 heavy (non-hydrogen) atoms. The lowest BCUT2D eigenvalue weighted by atomic mass is 10.3. The molecule has 1 heteroatoms. The highest BCUT2D eigenvalue weighted by atomic mass is 79.9. The molecule has 0 amide bonds. The van der Waals surface area contributed by atoms with Crippen molar-refractivity contribution in [3.8, 4) is 0 Å². The van der Waals surface area contributed by atoms with E-state index >= 15 is 0 Å². The molecule has 0 fully saturated rings. The van der Waals surface area contributed by atoms with Gasteiger partial charge >= 0.3 is 0 Å². The first-order chi connectivity index (χ1) is 3.35. The van der Waals surface area contributed by atoms with E-state index in [0.717, 1.165) is 5.33 Å². The first-order valence-electron chi connectivity index (χ1n) is 2.18. The molecule has 0 N–H and O–H groups in total. The molecule has 0 aliphatic heterocycles. The molecule has 0 aliphatic rings. The van der Waals surface area contributed by atoms with E-state index in [1.807, 2.05) is 19.1 Å². The Balaban J connectivity index is 3.60. The van der Waals surface area contributed by atoms with Crippen molar-refractivity contribution in [1.29, 1.82) is 0 Å². The molecule has 0 atom stereocenters. The van der Waals surface area contributed by atoms with Crippen molar-refractivity contribution in [3.63, 3.8) is 0 Å². The van der Waals surface area contributed by atoms with Crippen molar-refractivity contribution in [2.75, 3.05) is 5.33 Å². The van der Waals surface area contributed by atoms with Gasteiger partial charge in [-0.1, -0.05) is 34.7 Å². The molecule has 0 nitrogen and oxygen atoms in total. The maximum atomic E-state index is 3.60. The van der Waals surface area contributed by atoms with E-state index in [9.17, 15) is 0 Å². The summed E-state index contributed by atoms with van der Waals surface area (Å²) in [5, 5.41) is 0.910. The van der Waals surface area contributed by atoms with Crippen LogP contribution < -0.4 is 0 Å². The lowest BCUT2D eigenvalue weighted by molar-refractivity contribution is 1.52. The van der Waals surface area contributed by atoms with Crippen LogP contribution in [-0.2, 0) is 0 Å². The van der Waals surface area contributed by atoms with Crippen LogP contribution in [0, 0.1) is 0 Å². The minimum atomic E-state index is 0.910. The Kier molecular flexibility index (Phi) is 4.10. The normalized spacial score (nSPS) is 11.4. The number of allylic oxidation sites excluding steroid dienone is 3. The Morgan fingerprint density at radius 1 is 1.86 bits per heavy atom. The summed E-state index contributed by atoms with van der Waals surface area (Å²) in [5.74, 6) is 0. The van der Waals surface area contributed by atoms with E-state index in [0.29, 0.717) is 0 Å². The molecule has 0 aromatic rings. The summed E-state index contributed by atoms with van der Waals surface area (Å²) in [5.41, 5.74) is 1.24. The second-order valence-corrected chi connectivity index (χ2v) is 1.76. The van der Waals surface area contributed by atoms with Crippen LogP contribution in [-0.4, -0.2) is 5.33 Å². The first-order valence-corrected chi connectivity index (χ1v) is 3.31. The predicted molar refractivity (Wildman–Crippen MR) is 37.7 cm³/mol. The van der Waals surface area contributed by atoms with Gasteiger partial charge in [-0.15, -0.1) is 0 Å². The van der Waals surface area contributed by atoms with E-state index < -0.39 is 0 Å². The lowest BCUT2D eigenvalue weighted by Gasteiger charge is -1.86. The quantitative estimate of drug-likeness (QED) is 0.431. The van der Waals surface area contributed by atoms with Gasteiger partial charge in [0.1, 0.15) is 0 Å². The third-order valence-corrected chi connectivity index (χ3v) is 1.43. The van der Waals surface area contributed by atoms with Crippen LogP contribution in [0.15, 0.2) is 24.3 Å². The van der Waals surface area contributed by atoms with Gasteiger partial charge in [0.15, 0.2) is 0 Å². The zero-order valence-corrected chi connectivity index (χ0v) is 6.03. The standard InChI is InChI=1S/C6H9Br/c1-3-6(4-2)5-7/h3-4H,1,5H2,2H3. The Labute approximate surface area is 53.1 Å². The maximum absolute atomic E-state index is 3.60. The van der Waals surface area contributed by atoms with Crippen LogP contribution in [0.4, 0.5) is 0 Å². The van der Waals surface area contributed by atoms with Crippen LogP contribution in [0.5, 0.6) is 0 Å². The first kappa shape index (κ1) is 6.96. The van der Waals surface area contributed by atoms with Gasteiger partial charge in [-0.25, -0.2) is 0 Å². The van der Waals surface area contributed by atoms with E-state index in [-0.39, 0.29) is 0 Å². The van der Waals surface area contributed by atoms with Gasteiger partial charge in [0.05, 0.1) is 0 Å². The molecule has 40 valence electrons. The van der Waals surface area contributed by atoms with Crippen LogP contribution >= 0.6 is 15.9 Å². The van der Waals surface area contributed by atoms with Gasteiger partial charge in [-0.05, 0) is 12.5 Å². The molecule has 0 aliphatic carbocycles. The minimum Gasteiger partial charge on any atom is -0.0988 e. The topological polar surface area (TPSA) is 0 Å². The second kappa shape index (κ2) is 4.13. The SMILES string of the molecule is C=CC(=CC)CBr. The zero-order valence-electron chi connectivity index (χ0n) is 4.45. The molecule has 0 spiro atoms. The number of alkyl halides is 1. The van der Waals surface area contributed by atoms with E-state index in [2.05, 4.69) is 22.5 Å². The smallest absolute Gasteiger partial charge is 0.0279 e. The van der Waals surface area contributed by atoms with E-state index in [1.165, 1.54) is 5.57 Å². The molecule has 0 saturated heterocycles. The summed E-state index contributed by atoms with van der Waals surface area (Å²) < 4.78 is 0. The van der Waals surface area contributed by atoms with Crippen molar-refractivity contribution in [2.24, 2.45) is 0 Å². The average molecular weight is 161 g/mol. The number of hydrogen-bond donors (Lipinski definition) is 0. The fourth-order valence-corrected chi connectivity index (χ4v) is 0.802. The summed E-state index contributed by atoms with van der Waals surface area (Å²) in [6.07, 6.45) is 3.87. The molecular weight excluding hydrogens is 152 g/mol. The fraction of sp³-hybridized carbons (Fsp3) is 0.333.